The van der Waals surface area contributed by atoms with E-state index in [1.54, 1.807) is 18.9 Å². The molecule has 0 radical (unpaired) electrons. The highest BCUT2D eigenvalue weighted by atomic mass is 32.2. The summed E-state index contributed by atoms with van der Waals surface area (Å²) in [6.07, 6.45) is 7.10. The monoisotopic (exact) mass is 401 g/mol. The highest BCUT2D eigenvalue weighted by Gasteiger charge is 2.22. The zero-order valence-electron chi connectivity index (χ0n) is 17.2. The lowest BCUT2D eigenvalue weighted by Crippen LogP contribution is -2.27. The maximum absolute atomic E-state index is 12.3. The van der Waals surface area contributed by atoms with Gasteiger partial charge in [0.25, 0.3) is 0 Å². The van der Waals surface area contributed by atoms with Gasteiger partial charge in [-0.25, -0.2) is 4.98 Å². The van der Waals surface area contributed by atoms with E-state index in [2.05, 4.69) is 23.7 Å². The SMILES string of the molecule is COc1ccccc1CCNC(=O)CSc1nc(C)c(C)n1C1CCCCC1. The van der Waals surface area contributed by atoms with Crippen LogP contribution in [0.3, 0.4) is 0 Å². The maximum atomic E-state index is 12.3. The summed E-state index contributed by atoms with van der Waals surface area (Å²) < 4.78 is 7.74. The Bertz CT molecular complexity index is 797. The predicted molar refractivity (Wildman–Crippen MR) is 114 cm³/mol. The number of carbonyl (C=O) groups is 1. The van der Waals surface area contributed by atoms with Crippen molar-refractivity contribution in [3.63, 3.8) is 0 Å². The smallest absolute Gasteiger partial charge is 0.230 e. The number of methoxy groups -OCH3 is 1. The Kier molecular flexibility index (Phi) is 7.43. The third kappa shape index (κ3) is 5.10. The minimum Gasteiger partial charge on any atom is -0.496 e. The molecule has 0 spiro atoms. The zero-order valence-corrected chi connectivity index (χ0v) is 18.0. The predicted octanol–water partition coefficient (Wildman–Crippen LogP) is 4.46. The highest BCUT2D eigenvalue weighted by Crippen LogP contribution is 2.34. The number of nitrogens with zero attached hydrogens (tertiary/aromatic N) is 2. The molecule has 1 aliphatic rings. The van der Waals surface area contributed by atoms with Crippen LogP contribution in [0.25, 0.3) is 0 Å². The molecule has 2 aromatic rings. The molecule has 0 bridgehead atoms. The van der Waals surface area contributed by atoms with E-state index in [1.807, 2.05) is 24.3 Å². The van der Waals surface area contributed by atoms with Gasteiger partial charge in [0.2, 0.25) is 5.91 Å². The molecule has 3 rings (SSSR count). The number of hydrogen-bond acceptors (Lipinski definition) is 4. The maximum Gasteiger partial charge on any atom is 0.230 e. The number of benzene rings is 1. The molecule has 0 atom stereocenters. The van der Waals surface area contributed by atoms with Crippen molar-refractivity contribution in [2.75, 3.05) is 19.4 Å². The van der Waals surface area contributed by atoms with Crippen molar-refractivity contribution >= 4 is 17.7 Å². The molecule has 1 aromatic heterocycles. The molecule has 1 amide bonds. The van der Waals surface area contributed by atoms with E-state index >= 15 is 0 Å². The number of ether oxygens (including phenoxy) is 1. The minimum absolute atomic E-state index is 0.0494. The van der Waals surface area contributed by atoms with Crippen molar-refractivity contribution in [2.24, 2.45) is 0 Å². The van der Waals surface area contributed by atoms with Gasteiger partial charge < -0.3 is 14.6 Å². The van der Waals surface area contributed by atoms with Gasteiger partial charge in [0, 0.05) is 18.3 Å². The van der Waals surface area contributed by atoms with Gasteiger partial charge >= 0.3 is 0 Å². The summed E-state index contributed by atoms with van der Waals surface area (Å²) in [6, 6.07) is 8.46. The fourth-order valence-corrected chi connectivity index (χ4v) is 4.88. The van der Waals surface area contributed by atoms with Crippen molar-refractivity contribution in [1.82, 2.24) is 14.9 Å². The molecule has 0 unspecified atom stereocenters. The summed E-state index contributed by atoms with van der Waals surface area (Å²) in [5.74, 6) is 1.31. The zero-order chi connectivity index (χ0) is 19.9. The van der Waals surface area contributed by atoms with E-state index in [-0.39, 0.29) is 5.91 Å². The van der Waals surface area contributed by atoms with Crippen LogP contribution in [0.5, 0.6) is 5.75 Å². The van der Waals surface area contributed by atoms with E-state index < -0.39 is 0 Å². The number of amides is 1. The second-order valence-corrected chi connectivity index (χ2v) is 8.37. The van der Waals surface area contributed by atoms with Crippen molar-refractivity contribution in [1.29, 1.82) is 0 Å². The number of carbonyl (C=O) groups excluding carboxylic acids is 1. The third-order valence-electron chi connectivity index (χ3n) is 5.54. The lowest BCUT2D eigenvalue weighted by molar-refractivity contribution is -0.118. The topological polar surface area (TPSA) is 56.1 Å². The summed E-state index contributed by atoms with van der Waals surface area (Å²) in [7, 11) is 1.67. The second-order valence-electron chi connectivity index (χ2n) is 7.43. The summed E-state index contributed by atoms with van der Waals surface area (Å²) in [6.45, 7) is 4.81. The van der Waals surface area contributed by atoms with Gasteiger partial charge in [-0.3, -0.25) is 4.79 Å². The summed E-state index contributed by atoms with van der Waals surface area (Å²) in [5, 5.41) is 4.01. The summed E-state index contributed by atoms with van der Waals surface area (Å²) in [4.78, 5) is 17.1. The molecule has 1 N–H and O–H groups in total. The first-order chi connectivity index (χ1) is 13.6. The largest absolute Gasteiger partial charge is 0.496 e. The fraction of sp³-hybridized carbons (Fsp3) is 0.545. The van der Waals surface area contributed by atoms with E-state index in [0.29, 0.717) is 18.3 Å². The third-order valence-corrected chi connectivity index (χ3v) is 6.49. The average molecular weight is 402 g/mol. The van der Waals surface area contributed by atoms with Crippen LogP contribution in [0, 0.1) is 13.8 Å². The Morgan fingerprint density at radius 1 is 1.25 bits per heavy atom. The summed E-state index contributed by atoms with van der Waals surface area (Å²) in [5.41, 5.74) is 3.42. The van der Waals surface area contributed by atoms with Crippen LogP contribution in [0.2, 0.25) is 0 Å². The van der Waals surface area contributed by atoms with Gasteiger partial charge in [0.15, 0.2) is 5.16 Å². The number of nitrogens with one attached hydrogen (secondary N) is 1. The van der Waals surface area contributed by atoms with Crippen molar-refractivity contribution in [2.45, 2.75) is 63.6 Å². The normalized spacial score (nSPS) is 14.8. The van der Waals surface area contributed by atoms with Crippen LogP contribution in [0.1, 0.15) is 55.1 Å². The molecule has 1 fully saturated rings. The van der Waals surface area contributed by atoms with Gasteiger partial charge in [-0.1, -0.05) is 49.2 Å². The first-order valence-corrected chi connectivity index (χ1v) is 11.2. The van der Waals surface area contributed by atoms with Crippen molar-refractivity contribution in [3.8, 4) is 5.75 Å². The number of aromatic nitrogens is 2. The van der Waals surface area contributed by atoms with Crippen LogP contribution in [-0.4, -0.2) is 34.9 Å². The van der Waals surface area contributed by atoms with E-state index in [4.69, 9.17) is 9.72 Å². The quantitative estimate of drug-likeness (QED) is 0.663. The molecule has 1 heterocycles. The van der Waals surface area contributed by atoms with E-state index in [1.165, 1.54) is 37.8 Å². The van der Waals surface area contributed by atoms with E-state index in [9.17, 15) is 4.79 Å². The van der Waals surface area contributed by atoms with Crippen LogP contribution < -0.4 is 10.1 Å². The van der Waals surface area contributed by atoms with Crippen LogP contribution in [0.4, 0.5) is 0 Å². The molecule has 1 aromatic carbocycles. The second kappa shape index (κ2) is 10.0. The summed E-state index contributed by atoms with van der Waals surface area (Å²) >= 11 is 1.55. The molecule has 5 nitrogen and oxygen atoms in total. The number of thioether (sulfide) groups is 1. The minimum atomic E-state index is 0.0494. The molecule has 1 saturated carbocycles. The molecule has 28 heavy (non-hydrogen) atoms. The lowest BCUT2D eigenvalue weighted by atomic mass is 9.95. The Balaban J connectivity index is 1.52. The first-order valence-electron chi connectivity index (χ1n) is 10.2. The van der Waals surface area contributed by atoms with E-state index in [0.717, 1.165) is 28.6 Å². The number of para-hydroxylation sites is 1. The standard InChI is InChI=1S/C22H31N3O2S/c1-16-17(2)25(19-10-5-4-6-11-19)22(24-16)28-15-21(26)23-14-13-18-9-7-8-12-20(18)27-3/h7-9,12,19H,4-6,10-11,13-15H2,1-3H3,(H,23,26). The Morgan fingerprint density at radius 2 is 2.00 bits per heavy atom. The van der Waals surface area contributed by atoms with Gasteiger partial charge in [0.05, 0.1) is 18.6 Å². The fourth-order valence-electron chi connectivity index (χ4n) is 3.89. The Hall–Kier alpha value is -1.95. The first kappa shape index (κ1) is 20.8. The average Bonchev–Trinajstić information content (AvgIpc) is 3.01. The number of aryl methyl sites for hydroxylation is 1. The number of rotatable bonds is 8. The molecular formula is C22H31N3O2S. The van der Waals surface area contributed by atoms with Crippen LogP contribution in [0.15, 0.2) is 29.4 Å². The Labute approximate surface area is 172 Å². The van der Waals surface area contributed by atoms with Crippen LogP contribution in [-0.2, 0) is 11.2 Å². The van der Waals surface area contributed by atoms with Gasteiger partial charge in [-0.2, -0.15) is 0 Å². The Morgan fingerprint density at radius 3 is 2.75 bits per heavy atom. The molecule has 152 valence electrons. The molecule has 0 aliphatic heterocycles. The molecule has 1 aliphatic carbocycles. The highest BCUT2D eigenvalue weighted by molar-refractivity contribution is 7.99. The van der Waals surface area contributed by atoms with Crippen molar-refractivity contribution in [3.05, 3.63) is 41.2 Å². The van der Waals surface area contributed by atoms with Gasteiger partial charge in [0.1, 0.15) is 5.75 Å². The van der Waals surface area contributed by atoms with Gasteiger partial charge in [-0.05, 0) is 44.7 Å². The van der Waals surface area contributed by atoms with Gasteiger partial charge in [-0.15, -0.1) is 0 Å². The molecular weight excluding hydrogens is 370 g/mol. The van der Waals surface area contributed by atoms with Crippen LogP contribution >= 0.6 is 11.8 Å². The molecule has 6 heteroatoms. The molecule has 0 saturated heterocycles. The number of imidazole rings is 1. The number of hydrogen-bond donors (Lipinski definition) is 1. The lowest BCUT2D eigenvalue weighted by Gasteiger charge is -2.26. The van der Waals surface area contributed by atoms with Crippen molar-refractivity contribution < 1.29 is 9.53 Å².